The van der Waals surface area contributed by atoms with Gasteiger partial charge in [-0.15, -0.1) is 17.9 Å². The first kappa shape index (κ1) is 34.4. The average molecular weight is 688 g/mol. The van der Waals surface area contributed by atoms with Crippen molar-refractivity contribution in [3.8, 4) is 16.3 Å². The van der Waals surface area contributed by atoms with Gasteiger partial charge in [-0.2, -0.15) is 0 Å². The van der Waals surface area contributed by atoms with Gasteiger partial charge in [-0.05, 0) is 48.6 Å². The number of thiophene rings is 1. The van der Waals surface area contributed by atoms with Gasteiger partial charge in [0.05, 0.1) is 29.5 Å². The number of nitrogens with one attached hydrogen (secondary N) is 3. The molecular formula is C32H41N5O8S2. The van der Waals surface area contributed by atoms with Crippen molar-refractivity contribution in [1.29, 1.82) is 0 Å². The Morgan fingerprint density at radius 1 is 1.23 bits per heavy atom. The van der Waals surface area contributed by atoms with E-state index in [1.807, 2.05) is 23.6 Å². The maximum Gasteiger partial charge on any atom is 0.407 e. The lowest BCUT2D eigenvalue weighted by atomic mass is 9.85. The highest BCUT2D eigenvalue weighted by Gasteiger charge is 2.62. The van der Waals surface area contributed by atoms with Crippen LogP contribution in [0.1, 0.15) is 46.5 Å². The summed E-state index contributed by atoms with van der Waals surface area (Å²) in [6.07, 6.45) is 3.68. The summed E-state index contributed by atoms with van der Waals surface area (Å²) in [7, 11) is -2.67. The molecule has 3 N–H and O–H groups in total. The van der Waals surface area contributed by atoms with E-state index < -0.39 is 68.0 Å². The van der Waals surface area contributed by atoms with Gasteiger partial charge < -0.3 is 25.0 Å². The molecule has 3 aliphatic rings. The molecule has 2 aromatic heterocycles. The summed E-state index contributed by atoms with van der Waals surface area (Å²) in [6, 6.07) is 5.37. The van der Waals surface area contributed by atoms with Crippen LogP contribution in [0, 0.1) is 17.3 Å². The number of aromatic nitrogens is 1. The van der Waals surface area contributed by atoms with Crippen LogP contribution in [-0.2, 0) is 29.1 Å². The van der Waals surface area contributed by atoms with Crippen molar-refractivity contribution in [2.45, 2.75) is 69.3 Å². The Kier molecular flexibility index (Phi) is 9.69. The van der Waals surface area contributed by atoms with Crippen molar-refractivity contribution in [3.05, 3.63) is 48.5 Å². The summed E-state index contributed by atoms with van der Waals surface area (Å²) < 4.78 is 38.2. The Bertz CT molecular complexity index is 1640. The Morgan fingerprint density at radius 2 is 1.98 bits per heavy atom. The van der Waals surface area contributed by atoms with E-state index in [0.29, 0.717) is 18.6 Å². The van der Waals surface area contributed by atoms with Crippen molar-refractivity contribution in [2.75, 3.05) is 20.3 Å². The molecule has 254 valence electrons. The van der Waals surface area contributed by atoms with E-state index in [2.05, 4.69) is 26.9 Å². The second kappa shape index (κ2) is 13.3. The van der Waals surface area contributed by atoms with E-state index in [-0.39, 0.29) is 31.9 Å². The molecule has 2 aromatic rings. The Balaban J connectivity index is 1.36. The number of hydrogen-bond acceptors (Lipinski definition) is 10. The van der Waals surface area contributed by atoms with Crippen molar-refractivity contribution in [3.63, 3.8) is 0 Å². The predicted octanol–water partition coefficient (Wildman–Crippen LogP) is 2.85. The van der Waals surface area contributed by atoms with E-state index in [4.69, 9.17) is 9.47 Å². The largest absolute Gasteiger partial charge is 0.493 e. The van der Waals surface area contributed by atoms with Crippen molar-refractivity contribution >= 4 is 45.2 Å². The van der Waals surface area contributed by atoms with Crippen molar-refractivity contribution in [1.82, 2.24) is 25.2 Å². The minimum absolute atomic E-state index is 0.134. The third kappa shape index (κ3) is 7.61. The second-order valence-electron chi connectivity index (χ2n) is 13.4. The Labute approximate surface area is 278 Å². The van der Waals surface area contributed by atoms with Crippen molar-refractivity contribution in [2.24, 2.45) is 17.3 Å². The van der Waals surface area contributed by atoms with E-state index in [9.17, 15) is 27.6 Å². The van der Waals surface area contributed by atoms with Crippen LogP contribution in [0.4, 0.5) is 4.79 Å². The number of likely N-dealkylation sites (tertiary alicyclic amines) is 1. The highest BCUT2D eigenvalue weighted by atomic mass is 32.2. The van der Waals surface area contributed by atoms with Gasteiger partial charge in [0.2, 0.25) is 21.8 Å². The number of amides is 4. The predicted molar refractivity (Wildman–Crippen MR) is 175 cm³/mol. The summed E-state index contributed by atoms with van der Waals surface area (Å²) in [5, 5.41) is 6.72. The maximum atomic E-state index is 14.1. The lowest BCUT2D eigenvalue weighted by Gasteiger charge is -2.35. The molecule has 2 saturated carbocycles. The van der Waals surface area contributed by atoms with Crippen LogP contribution >= 0.6 is 11.3 Å². The summed E-state index contributed by atoms with van der Waals surface area (Å²) in [4.78, 5) is 60.5. The van der Waals surface area contributed by atoms with Crippen LogP contribution in [0.15, 0.2) is 48.5 Å². The summed E-state index contributed by atoms with van der Waals surface area (Å²) in [6.45, 7) is 9.40. The number of alkyl carbamates (subject to hydrolysis) is 1. The summed E-state index contributed by atoms with van der Waals surface area (Å²) >= 11 is 1.55. The van der Waals surface area contributed by atoms with Gasteiger partial charge in [0.1, 0.15) is 23.4 Å². The van der Waals surface area contributed by atoms with Crippen LogP contribution in [-0.4, -0.2) is 85.3 Å². The van der Waals surface area contributed by atoms with E-state index in [0.717, 1.165) is 10.6 Å². The number of sulfonamides is 1. The highest BCUT2D eigenvalue weighted by molar-refractivity contribution is 7.91. The lowest BCUT2D eigenvalue weighted by Crippen LogP contribution is -2.60. The first-order valence-electron chi connectivity index (χ1n) is 15.5. The fourth-order valence-corrected chi connectivity index (χ4v) is 7.88. The first-order chi connectivity index (χ1) is 22.2. The molecule has 5 unspecified atom stereocenters. The molecule has 4 amide bonds. The van der Waals surface area contributed by atoms with Gasteiger partial charge in [-0.1, -0.05) is 32.9 Å². The number of nitrogens with zero attached hydrogens (tertiary/aromatic N) is 2. The highest BCUT2D eigenvalue weighted by Crippen LogP contribution is 2.45. The molecule has 0 radical (unpaired) electrons. The number of carbonyl (C=O) groups excluding carboxylic acids is 4. The minimum atomic E-state index is -3.86. The topological polar surface area (TPSA) is 173 Å². The van der Waals surface area contributed by atoms with Gasteiger partial charge in [0.25, 0.3) is 5.91 Å². The SMILES string of the molecule is C=CC1CC1(NC(=O)C1CC(COc2ccnc(-c3cccs3)c2)CN1C(=O)C(NC(=O)OC)C(C)(C)C)C(=O)NS(=O)(=O)C1CC1. The van der Waals surface area contributed by atoms with Crippen LogP contribution in [0.25, 0.3) is 10.6 Å². The first-order valence-corrected chi connectivity index (χ1v) is 17.9. The third-order valence-electron chi connectivity index (χ3n) is 8.77. The van der Waals surface area contributed by atoms with Gasteiger partial charge >= 0.3 is 6.09 Å². The van der Waals surface area contributed by atoms with Gasteiger partial charge in [-0.3, -0.25) is 24.1 Å². The molecule has 13 nitrogen and oxygen atoms in total. The lowest BCUT2D eigenvalue weighted by molar-refractivity contribution is -0.142. The molecule has 0 bridgehead atoms. The molecule has 3 fully saturated rings. The second-order valence-corrected chi connectivity index (χ2v) is 16.3. The van der Waals surface area contributed by atoms with Crippen molar-refractivity contribution < 1.29 is 37.1 Å². The molecule has 0 spiro atoms. The average Bonchev–Trinajstić information content (AvgIpc) is 3.89. The number of hydrogen-bond donors (Lipinski definition) is 3. The fourth-order valence-electron chi connectivity index (χ4n) is 5.82. The molecule has 5 atom stereocenters. The smallest absolute Gasteiger partial charge is 0.407 e. The standard InChI is InChI=1S/C32H41N5O8S2/c1-6-20-16-32(20,29(40)36-47(42,43)22-9-10-22)35-27(38)24-14-19(17-37(24)28(39)26(31(2,3)4)34-30(41)44-5)18-45-21-11-12-33-23(15-21)25-8-7-13-46-25/h6-8,11-13,15,19-20,22,24,26H,1,9-10,14,16-18H2,2-5H3,(H,34,41)(H,35,38)(H,36,40). The zero-order valence-electron chi connectivity index (χ0n) is 26.9. The quantitative estimate of drug-likeness (QED) is 0.284. The molecule has 15 heteroatoms. The molecule has 2 aliphatic carbocycles. The van der Waals surface area contributed by atoms with Crippen LogP contribution in [0.2, 0.25) is 0 Å². The zero-order chi connectivity index (χ0) is 34.1. The zero-order valence-corrected chi connectivity index (χ0v) is 28.5. The molecule has 1 saturated heterocycles. The summed E-state index contributed by atoms with van der Waals surface area (Å²) in [5.74, 6) is -2.13. The fraction of sp³-hybridized carbons (Fsp3) is 0.531. The Morgan fingerprint density at radius 3 is 2.57 bits per heavy atom. The molecular weight excluding hydrogens is 647 g/mol. The minimum Gasteiger partial charge on any atom is -0.493 e. The van der Waals surface area contributed by atoms with Crippen LogP contribution < -0.4 is 20.1 Å². The molecule has 3 heterocycles. The number of rotatable bonds is 12. The number of pyridine rings is 1. The number of carbonyl (C=O) groups is 4. The summed E-state index contributed by atoms with van der Waals surface area (Å²) in [5.41, 5.74) is -1.50. The Hall–Kier alpha value is -3.98. The molecule has 1 aliphatic heterocycles. The molecule has 0 aromatic carbocycles. The molecule has 47 heavy (non-hydrogen) atoms. The molecule has 5 rings (SSSR count). The monoisotopic (exact) mass is 687 g/mol. The van der Waals surface area contributed by atoms with Gasteiger partial charge in [-0.25, -0.2) is 13.2 Å². The van der Waals surface area contributed by atoms with E-state index in [1.165, 1.54) is 18.1 Å². The van der Waals surface area contributed by atoms with Crippen LogP contribution in [0.3, 0.4) is 0 Å². The number of ether oxygens (including phenoxy) is 2. The van der Waals surface area contributed by atoms with Gasteiger partial charge in [0.15, 0.2) is 0 Å². The van der Waals surface area contributed by atoms with E-state index >= 15 is 0 Å². The number of methoxy groups -OCH3 is 1. The third-order valence-corrected chi connectivity index (χ3v) is 11.5. The maximum absolute atomic E-state index is 14.1. The van der Waals surface area contributed by atoms with E-state index in [1.54, 1.807) is 44.4 Å². The van der Waals surface area contributed by atoms with Gasteiger partial charge in [0, 0.05) is 30.6 Å². The van der Waals surface area contributed by atoms with Crippen LogP contribution in [0.5, 0.6) is 5.75 Å². The normalized spacial score (nSPS) is 24.5.